The molecule has 10 heteroatoms. The summed E-state index contributed by atoms with van der Waals surface area (Å²) in [5, 5.41) is 13.5. The molecule has 1 aliphatic rings. The highest BCUT2D eigenvalue weighted by Crippen LogP contribution is 2.32. The fraction of sp³-hybridized carbons (Fsp3) is 0.222. The first kappa shape index (κ1) is 19.0. The standard InChI is InChI=1S/C18H17N3O7/c1-10(28-18(23)11-2-4-13(19)14(8-11)21(24)25)17(22)20-12-3-5-15-16(9-12)27-7-6-26-15/h2-5,8-10H,6-7,19H2,1H3,(H,20,22)/t10-/m1/s1. The van der Waals surface area contributed by atoms with Crippen LogP contribution in [0.25, 0.3) is 0 Å². The molecule has 1 atom stereocenters. The Balaban J connectivity index is 1.65. The van der Waals surface area contributed by atoms with Crippen LogP contribution in [0, 0.1) is 10.1 Å². The van der Waals surface area contributed by atoms with Gasteiger partial charge in [-0.1, -0.05) is 0 Å². The molecule has 3 N–H and O–H groups in total. The van der Waals surface area contributed by atoms with Crippen molar-refractivity contribution in [3.05, 3.63) is 52.1 Å². The van der Waals surface area contributed by atoms with E-state index in [9.17, 15) is 19.7 Å². The number of amides is 1. The molecule has 0 fully saturated rings. The second kappa shape index (κ2) is 7.82. The summed E-state index contributed by atoms with van der Waals surface area (Å²) in [7, 11) is 0. The lowest BCUT2D eigenvalue weighted by atomic mass is 10.2. The van der Waals surface area contributed by atoms with Gasteiger partial charge in [0.15, 0.2) is 17.6 Å². The van der Waals surface area contributed by atoms with Crippen LogP contribution < -0.4 is 20.5 Å². The van der Waals surface area contributed by atoms with Crippen LogP contribution in [0.4, 0.5) is 17.1 Å². The Morgan fingerprint density at radius 1 is 1.18 bits per heavy atom. The molecule has 2 aromatic rings. The van der Waals surface area contributed by atoms with Gasteiger partial charge in [0.25, 0.3) is 11.6 Å². The molecule has 146 valence electrons. The van der Waals surface area contributed by atoms with Crippen LogP contribution in [-0.4, -0.2) is 36.1 Å². The van der Waals surface area contributed by atoms with Crippen LogP contribution in [0.1, 0.15) is 17.3 Å². The predicted molar refractivity (Wildman–Crippen MR) is 98.4 cm³/mol. The highest BCUT2D eigenvalue weighted by atomic mass is 16.6. The molecule has 3 rings (SSSR count). The van der Waals surface area contributed by atoms with E-state index in [0.29, 0.717) is 30.4 Å². The van der Waals surface area contributed by atoms with Crippen molar-refractivity contribution in [2.24, 2.45) is 0 Å². The Hall–Kier alpha value is -3.82. The average molecular weight is 387 g/mol. The van der Waals surface area contributed by atoms with Crippen LogP contribution in [0.2, 0.25) is 0 Å². The van der Waals surface area contributed by atoms with Crippen molar-refractivity contribution in [2.45, 2.75) is 13.0 Å². The SMILES string of the molecule is C[C@@H](OC(=O)c1ccc(N)c([N+](=O)[O-])c1)C(=O)Nc1ccc2c(c1)OCCO2. The monoisotopic (exact) mass is 387 g/mol. The number of anilines is 2. The number of nitrogens with two attached hydrogens (primary N) is 1. The number of carbonyl (C=O) groups excluding carboxylic acids is 2. The highest BCUT2D eigenvalue weighted by Gasteiger charge is 2.22. The van der Waals surface area contributed by atoms with Crippen molar-refractivity contribution in [3.8, 4) is 11.5 Å². The van der Waals surface area contributed by atoms with E-state index < -0.39 is 28.6 Å². The summed E-state index contributed by atoms with van der Waals surface area (Å²) in [5.41, 5.74) is 5.37. The van der Waals surface area contributed by atoms with Gasteiger partial charge in [-0.25, -0.2) is 4.79 Å². The Kier molecular flexibility index (Phi) is 5.30. The van der Waals surface area contributed by atoms with E-state index in [1.165, 1.54) is 19.1 Å². The maximum absolute atomic E-state index is 12.3. The predicted octanol–water partition coefficient (Wildman–Crippen LogP) is 2.13. The molecule has 0 unspecified atom stereocenters. The lowest BCUT2D eigenvalue weighted by Gasteiger charge is -2.19. The molecular weight excluding hydrogens is 370 g/mol. The van der Waals surface area contributed by atoms with Crippen molar-refractivity contribution < 1.29 is 28.7 Å². The normalized spacial score (nSPS) is 13.3. The van der Waals surface area contributed by atoms with Crippen molar-refractivity contribution in [1.29, 1.82) is 0 Å². The summed E-state index contributed by atoms with van der Waals surface area (Å²) >= 11 is 0. The molecule has 0 saturated heterocycles. The van der Waals surface area contributed by atoms with E-state index in [1.807, 2.05) is 0 Å². The molecule has 0 aromatic heterocycles. The molecule has 0 saturated carbocycles. The minimum atomic E-state index is -1.14. The lowest BCUT2D eigenvalue weighted by Crippen LogP contribution is -2.30. The number of rotatable bonds is 5. The number of esters is 1. The van der Waals surface area contributed by atoms with Crippen molar-refractivity contribution in [3.63, 3.8) is 0 Å². The first-order valence-corrected chi connectivity index (χ1v) is 8.30. The number of nitrogen functional groups attached to an aromatic ring is 1. The minimum Gasteiger partial charge on any atom is -0.486 e. The first-order chi connectivity index (χ1) is 13.3. The molecular formula is C18H17N3O7. The van der Waals surface area contributed by atoms with Gasteiger partial charge < -0.3 is 25.3 Å². The van der Waals surface area contributed by atoms with Gasteiger partial charge in [-0.15, -0.1) is 0 Å². The number of hydrogen-bond donors (Lipinski definition) is 2. The third-order valence-corrected chi connectivity index (χ3v) is 3.93. The van der Waals surface area contributed by atoms with Gasteiger partial charge in [-0.2, -0.15) is 0 Å². The maximum atomic E-state index is 12.3. The number of fused-ring (bicyclic) bond motifs is 1. The Morgan fingerprint density at radius 3 is 2.61 bits per heavy atom. The van der Waals surface area contributed by atoms with Gasteiger partial charge in [-0.05, 0) is 31.2 Å². The number of nitrogens with zero attached hydrogens (tertiary/aromatic N) is 1. The van der Waals surface area contributed by atoms with E-state index in [2.05, 4.69) is 5.32 Å². The van der Waals surface area contributed by atoms with Gasteiger partial charge in [0.05, 0.1) is 10.5 Å². The largest absolute Gasteiger partial charge is 0.486 e. The average Bonchev–Trinajstić information content (AvgIpc) is 2.67. The van der Waals surface area contributed by atoms with E-state index in [1.54, 1.807) is 18.2 Å². The van der Waals surface area contributed by atoms with E-state index in [-0.39, 0.29) is 11.3 Å². The van der Waals surface area contributed by atoms with Gasteiger partial charge in [-0.3, -0.25) is 14.9 Å². The third kappa shape index (κ3) is 4.11. The van der Waals surface area contributed by atoms with Gasteiger partial charge >= 0.3 is 5.97 Å². The Morgan fingerprint density at radius 2 is 1.89 bits per heavy atom. The second-order valence-corrected chi connectivity index (χ2v) is 5.93. The summed E-state index contributed by atoms with van der Waals surface area (Å²) in [6, 6.07) is 8.41. The highest BCUT2D eigenvalue weighted by molar-refractivity contribution is 5.98. The molecule has 0 bridgehead atoms. The summed E-state index contributed by atoms with van der Waals surface area (Å²) in [5.74, 6) is -0.376. The molecule has 1 aliphatic heterocycles. The van der Waals surface area contributed by atoms with Gasteiger partial charge in [0.2, 0.25) is 0 Å². The molecule has 1 heterocycles. The zero-order valence-electron chi connectivity index (χ0n) is 14.8. The number of nitrogens with one attached hydrogen (secondary N) is 1. The minimum absolute atomic E-state index is 0.0778. The maximum Gasteiger partial charge on any atom is 0.339 e. The molecule has 10 nitrogen and oxygen atoms in total. The van der Waals surface area contributed by atoms with Crippen molar-refractivity contribution in [2.75, 3.05) is 24.3 Å². The molecule has 2 aromatic carbocycles. The number of ether oxygens (including phenoxy) is 3. The number of benzene rings is 2. The zero-order valence-corrected chi connectivity index (χ0v) is 14.8. The smallest absolute Gasteiger partial charge is 0.339 e. The van der Waals surface area contributed by atoms with Crippen LogP contribution in [0.5, 0.6) is 11.5 Å². The molecule has 0 radical (unpaired) electrons. The van der Waals surface area contributed by atoms with E-state index >= 15 is 0 Å². The van der Waals surface area contributed by atoms with Crippen molar-refractivity contribution in [1.82, 2.24) is 0 Å². The lowest BCUT2D eigenvalue weighted by molar-refractivity contribution is -0.383. The number of nitro groups is 1. The fourth-order valence-electron chi connectivity index (χ4n) is 2.48. The van der Waals surface area contributed by atoms with Crippen LogP contribution in [-0.2, 0) is 9.53 Å². The number of carbonyl (C=O) groups is 2. The fourth-order valence-corrected chi connectivity index (χ4v) is 2.48. The van der Waals surface area contributed by atoms with E-state index in [0.717, 1.165) is 6.07 Å². The Labute approximate surface area is 159 Å². The van der Waals surface area contributed by atoms with Gasteiger partial charge in [0.1, 0.15) is 18.9 Å². The van der Waals surface area contributed by atoms with Crippen LogP contribution >= 0.6 is 0 Å². The molecule has 1 amide bonds. The first-order valence-electron chi connectivity index (χ1n) is 8.30. The quantitative estimate of drug-likeness (QED) is 0.344. The molecule has 28 heavy (non-hydrogen) atoms. The van der Waals surface area contributed by atoms with Crippen molar-refractivity contribution >= 4 is 28.9 Å². The zero-order chi connectivity index (χ0) is 20.3. The number of nitro benzene ring substituents is 1. The third-order valence-electron chi connectivity index (χ3n) is 3.93. The van der Waals surface area contributed by atoms with Crippen LogP contribution in [0.15, 0.2) is 36.4 Å². The van der Waals surface area contributed by atoms with E-state index in [4.69, 9.17) is 19.9 Å². The summed E-state index contributed by atoms with van der Waals surface area (Å²) < 4.78 is 15.9. The molecule has 0 spiro atoms. The Bertz CT molecular complexity index is 945. The van der Waals surface area contributed by atoms with Crippen LogP contribution in [0.3, 0.4) is 0 Å². The molecule has 0 aliphatic carbocycles. The second-order valence-electron chi connectivity index (χ2n) is 5.93. The number of hydrogen-bond acceptors (Lipinski definition) is 8. The summed E-state index contributed by atoms with van der Waals surface area (Å²) in [6.45, 7) is 2.25. The topological polar surface area (TPSA) is 143 Å². The van der Waals surface area contributed by atoms with Gasteiger partial charge in [0, 0.05) is 17.8 Å². The summed E-state index contributed by atoms with van der Waals surface area (Å²) in [4.78, 5) is 34.7. The summed E-state index contributed by atoms with van der Waals surface area (Å²) in [6.07, 6.45) is -1.14.